The number of hydrogen-bond donors (Lipinski definition) is 1. The third-order valence-electron chi connectivity index (χ3n) is 5.21. The second-order valence-corrected chi connectivity index (χ2v) is 9.85. The first-order chi connectivity index (χ1) is 15.1. The molecular formula is C25H27FN2O3S. The van der Waals surface area contributed by atoms with Crippen molar-refractivity contribution < 1.29 is 17.6 Å². The first-order valence-corrected chi connectivity index (χ1v) is 11.8. The van der Waals surface area contributed by atoms with E-state index in [1.165, 1.54) is 16.4 Å². The summed E-state index contributed by atoms with van der Waals surface area (Å²) in [7, 11) is -3.90. The number of aryl methyl sites for hydroxylation is 2. The summed E-state index contributed by atoms with van der Waals surface area (Å²) in [6.45, 7) is 5.33. The molecule has 1 N–H and O–H groups in total. The van der Waals surface area contributed by atoms with Gasteiger partial charge in [-0.15, -0.1) is 0 Å². The van der Waals surface area contributed by atoms with Crippen LogP contribution in [0.5, 0.6) is 0 Å². The Hall–Kier alpha value is -3.03. The number of rotatable bonds is 8. The summed E-state index contributed by atoms with van der Waals surface area (Å²) in [6, 6.07) is 19.5. The molecule has 0 spiro atoms. The average Bonchev–Trinajstić information content (AvgIpc) is 2.75. The number of amides is 1. The summed E-state index contributed by atoms with van der Waals surface area (Å²) >= 11 is 0. The maximum absolute atomic E-state index is 13.3. The molecule has 0 aliphatic heterocycles. The fraction of sp³-hybridized carbons (Fsp3) is 0.240. The Balaban J connectivity index is 1.82. The lowest BCUT2D eigenvalue weighted by Crippen LogP contribution is -2.41. The highest BCUT2D eigenvalue weighted by atomic mass is 32.2. The number of halogens is 1. The highest BCUT2D eigenvalue weighted by Gasteiger charge is 2.27. The van der Waals surface area contributed by atoms with Crippen LogP contribution in [0.25, 0.3) is 0 Å². The van der Waals surface area contributed by atoms with Crippen LogP contribution in [0.15, 0.2) is 77.7 Å². The Kier molecular flexibility index (Phi) is 7.43. The summed E-state index contributed by atoms with van der Waals surface area (Å²) in [5.41, 5.74) is 3.52. The molecule has 0 fully saturated rings. The van der Waals surface area contributed by atoms with Crippen molar-refractivity contribution in [3.8, 4) is 0 Å². The molecule has 0 radical (unpaired) electrons. The van der Waals surface area contributed by atoms with E-state index in [-0.39, 0.29) is 23.8 Å². The van der Waals surface area contributed by atoms with Crippen molar-refractivity contribution in [3.63, 3.8) is 0 Å². The summed E-state index contributed by atoms with van der Waals surface area (Å²) < 4.78 is 41.0. The molecule has 32 heavy (non-hydrogen) atoms. The lowest BCUT2D eigenvalue weighted by atomic mass is 10.1. The van der Waals surface area contributed by atoms with Crippen LogP contribution in [0, 0.1) is 19.7 Å². The topological polar surface area (TPSA) is 66.5 Å². The fourth-order valence-corrected chi connectivity index (χ4v) is 4.65. The standard InChI is InChI=1S/C25H27FN2O3S/c1-18-4-8-21(9-5-18)16-28(32(30,31)24-14-6-19(2)7-15-24)17-25(29)27-20(3)22-10-12-23(26)13-11-22/h4-15,20H,16-17H2,1-3H3,(H,27,29)/t20-/m0/s1. The molecule has 0 unspecified atom stereocenters. The summed E-state index contributed by atoms with van der Waals surface area (Å²) in [4.78, 5) is 12.9. The molecule has 0 saturated carbocycles. The van der Waals surface area contributed by atoms with Gasteiger partial charge in [0, 0.05) is 6.54 Å². The smallest absolute Gasteiger partial charge is 0.243 e. The van der Waals surface area contributed by atoms with Gasteiger partial charge in [0.1, 0.15) is 5.82 Å². The van der Waals surface area contributed by atoms with E-state index < -0.39 is 22.0 Å². The van der Waals surface area contributed by atoms with Crippen molar-refractivity contribution in [3.05, 3.63) is 101 Å². The normalized spacial score (nSPS) is 12.5. The molecule has 1 amide bonds. The molecule has 0 heterocycles. The predicted octanol–water partition coefficient (Wildman–Crippen LogP) is 4.51. The number of hydrogen-bond acceptors (Lipinski definition) is 3. The van der Waals surface area contributed by atoms with E-state index in [4.69, 9.17) is 0 Å². The average molecular weight is 455 g/mol. The number of carbonyl (C=O) groups is 1. The van der Waals surface area contributed by atoms with Crippen LogP contribution in [0.4, 0.5) is 4.39 Å². The van der Waals surface area contributed by atoms with Gasteiger partial charge in [-0.3, -0.25) is 4.79 Å². The van der Waals surface area contributed by atoms with Gasteiger partial charge < -0.3 is 5.32 Å². The van der Waals surface area contributed by atoms with Crippen molar-refractivity contribution in [1.82, 2.24) is 9.62 Å². The van der Waals surface area contributed by atoms with Gasteiger partial charge >= 0.3 is 0 Å². The molecule has 3 aromatic rings. The van der Waals surface area contributed by atoms with E-state index in [0.29, 0.717) is 0 Å². The van der Waals surface area contributed by atoms with Crippen molar-refractivity contribution >= 4 is 15.9 Å². The molecule has 0 saturated heterocycles. The molecule has 0 aromatic heterocycles. The van der Waals surface area contributed by atoms with Gasteiger partial charge in [-0.25, -0.2) is 12.8 Å². The van der Waals surface area contributed by atoms with Crippen LogP contribution in [0.3, 0.4) is 0 Å². The zero-order chi connectivity index (χ0) is 23.3. The van der Waals surface area contributed by atoms with Gasteiger partial charge in [0.25, 0.3) is 0 Å². The molecule has 0 aliphatic rings. The SMILES string of the molecule is Cc1ccc(CN(CC(=O)N[C@@H](C)c2ccc(F)cc2)S(=O)(=O)c2ccc(C)cc2)cc1. The zero-order valence-corrected chi connectivity index (χ0v) is 19.2. The first kappa shape index (κ1) is 23.6. The Morgan fingerprint density at radius 1 is 0.906 bits per heavy atom. The maximum atomic E-state index is 13.3. The number of sulfonamides is 1. The van der Waals surface area contributed by atoms with Gasteiger partial charge in [-0.2, -0.15) is 4.31 Å². The molecule has 168 valence electrons. The van der Waals surface area contributed by atoms with E-state index >= 15 is 0 Å². The Labute approximate surface area is 188 Å². The zero-order valence-electron chi connectivity index (χ0n) is 18.4. The van der Waals surface area contributed by atoms with Crippen molar-refractivity contribution in [2.24, 2.45) is 0 Å². The molecule has 3 rings (SSSR count). The molecule has 3 aromatic carbocycles. The number of nitrogens with one attached hydrogen (secondary N) is 1. The van der Waals surface area contributed by atoms with Gasteiger partial charge in [-0.1, -0.05) is 59.7 Å². The third-order valence-corrected chi connectivity index (χ3v) is 7.01. The van der Waals surface area contributed by atoms with Crippen molar-refractivity contribution in [2.45, 2.75) is 38.3 Å². The monoisotopic (exact) mass is 454 g/mol. The Bertz CT molecular complexity index is 1160. The van der Waals surface area contributed by atoms with E-state index in [1.807, 2.05) is 38.1 Å². The molecule has 0 bridgehead atoms. The first-order valence-electron chi connectivity index (χ1n) is 10.3. The lowest BCUT2D eigenvalue weighted by molar-refractivity contribution is -0.122. The number of carbonyl (C=O) groups excluding carboxylic acids is 1. The highest BCUT2D eigenvalue weighted by Crippen LogP contribution is 2.20. The minimum Gasteiger partial charge on any atom is -0.348 e. The molecular weight excluding hydrogens is 427 g/mol. The van der Waals surface area contributed by atoms with E-state index in [2.05, 4.69) is 5.32 Å². The third kappa shape index (κ3) is 6.02. The largest absolute Gasteiger partial charge is 0.348 e. The van der Waals surface area contributed by atoms with Gasteiger partial charge in [0.05, 0.1) is 17.5 Å². The minimum absolute atomic E-state index is 0.0643. The maximum Gasteiger partial charge on any atom is 0.243 e. The fourth-order valence-electron chi connectivity index (χ4n) is 3.26. The van der Waals surface area contributed by atoms with Crippen molar-refractivity contribution in [1.29, 1.82) is 0 Å². The van der Waals surface area contributed by atoms with Gasteiger partial charge in [-0.05, 0) is 56.2 Å². The second-order valence-electron chi connectivity index (χ2n) is 7.91. The summed E-state index contributed by atoms with van der Waals surface area (Å²) in [5, 5.41) is 2.81. The van der Waals surface area contributed by atoms with Crippen LogP contribution >= 0.6 is 0 Å². The Morgan fingerprint density at radius 3 is 2.00 bits per heavy atom. The van der Waals surface area contributed by atoms with Crippen LogP contribution < -0.4 is 5.32 Å². The second kappa shape index (κ2) is 10.1. The summed E-state index contributed by atoms with van der Waals surface area (Å²) in [5.74, 6) is -0.801. The quantitative estimate of drug-likeness (QED) is 0.545. The number of nitrogens with zero attached hydrogens (tertiary/aromatic N) is 1. The van der Waals surface area contributed by atoms with Gasteiger partial charge in [0.15, 0.2) is 0 Å². The number of benzene rings is 3. The molecule has 7 heteroatoms. The van der Waals surface area contributed by atoms with Crippen LogP contribution in [0.1, 0.15) is 35.2 Å². The van der Waals surface area contributed by atoms with Gasteiger partial charge in [0.2, 0.25) is 15.9 Å². The van der Waals surface area contributed by atoms with E-state index in [9.17, 15) is 17.6 Å². The summed E-state index contributed by atoms with van der Waals surface area (Å²) in [6.07, 6.45) is 0. The van der Waals surface area contributed by atoms with Crippen LogP contribution in [-0.2, 0) is 21.4 Å². The van der Waals surface area contributed by atoms with Crippen molar-refractivity contribution in [2.75, 3.05) is 6.54 Å². The predicted molar refractivity (Wildman–Crippen MR) is 123 cm³/mol. The van der Waals surface area contributed by atoms with E-state index in [0.717, 1.165) is 22.3 Å². The molecule has 1 atom stereocenters. The highest BCUT2D eigenvalue weighted by molar-refractivity contribution is 7.89. The molecule has 5 nitrogen and oxygen atoms in total. The Morgan fingerprint density at radius 2 is 1.44 bits per heavy atom. The molecule has 0 aliphatic carbocycles. The van der Waals surface area contributed by atoms with Crippen LogP contribution in [0.2, 0.25) is 0 Å². The minimum atomic E-state index is -3.90. The van der Waals surface area contributed by atoms with E-state index in [1.54, 1.807) is 43.3 Å². The lowest BCUT2D eigenvalue weighted by Gasteiger charge is -2.23. The van der Waals surface area contributed by atoms with Crippen LogP contribution in [-0.4, -0.2) is 25.2 Å².